The summed E-state index contributed by atoms with van der Waals surface area (Å²) in [6.07, 6.45) is 3.76. The van der Waals surface area contributed by atoms with Crippen molar-refractivity contribution < 1.29 is 18.0 Å². The first-order valence-electron chi connectivity index (χ1n) is 8.16. The second kappa shape index (κ2) is 7.35. The number of rotatable bonds is 4. The number of piperidine rings is 1. The van der Waals surface area contributed by atoms with Crippen molar-refractivity contribution in [2.75, 3.05) is 30.4 Å². The van der Waals surface area contributed by atoms with Gasteiger partial charge in [0.05, 0.1) is 17.7 Å². The van der Waals surface area contributed by atoms with Crippen molar-refractivity contribution in [3.8, 4) is 0 Å². The van der Waals surface area contributed by atoms with Crippen molar-refractivity contribution in [3.63, 3.8) is 0 Å². The van der Waals surface area contributed by atoms with Crippen molar-refractivity contribution in [1.29, 1.82) is 0 Å². The molecule has 2 heterocycles. The van der Waals surface area contributed by atoms with E-state index in [1.54, 1.807) is 17.0 Å². The van der Waals surface area contributed by atoms with Gasteiger partial charge in [0.2, 0.25) is 15.9 Å². The molecule has 0 unspecified atom stereocenters. The Morgan fingerprint density at radius 3 is 2.96 bits per heavy atom. The zero-order valence-corrected chi connectivity index (χ0v) is 15.6. The summed E-state index contributed by atoms with van der Waals surface area (Å²) in [6, 6.07) is 5.16. The van der Waals surface area contributed by atoms with Crippen LogP contribution in [0.5, 0.6) is 0 Å². The molecule has 7 nitrogen and oxygen atoms in total. The Morgan fingerprint density at radius 2 is 2.20 bits per heavy atom. The first-order chi connectivity index (χ1) is 11.8. The quantitative estimate of drug-likeness (QED) is 0.816. The molecule has 3 rings (SSSR count). The molecule has 2 aliphatic heterocycles. The van der Waals surface area contributed by atoms with Crippen molar-refractivity contribution in [3.05, 3.63) is 23.8 Å². The summed E-state index contributed by atoms with van der Waals surface area (Å²) in [5.74, 6) is 0.175. The minimum absolute atomic E-state index is 0.0738. The summed E-state index contributed by atoms with van der Waals surface area (Å²) >= 11 is 1.45. The Labute approximate surface area is 151 Å². The van der Waals surface area contributed by atoms with Gasteiger partial charge in [-0.25, -0.2) is 13.1 Å². The Balaban J connectivity index is 1.78. The van der Waals surface area contributed by atoms with Crippen LogP contribution in [0.2, 0.25) is 0 Å². The van der Waals surface area contributed by atoms with E-state index in [0.29, 0.717) is 23.5 Å². The molecule has 9 heteroatoms. The van der Waals surface area contributed by atoms with Gasteiger partial charge < -0.3 is 10.2 Å². The number of anilines is 1. The highest BCUT2D eigenvalue weighted by molar-refractivity contribution is 8.00. The van der Waals surface area contributed by atoms with Crippen LogP contribution in [0.3, 0.4) is 0 Å². The monoisotopic (exact) mass is 383 g/mol. The van der Waals surface area contributed by atoms with Crippen LogP contribution < -0.4 is 10.0 Å². The first-order valence-corrected chi connectivity index (χ1v) is 11.0. The lowest BCUT2D eigenvalue weighted by atomic mass is 10.0. The first kappa shape index (κ1) is 18.2. The maximum Gasteiger partial charge on any atom is 0.254 e. The molecule has 136 valence electrons. The molecule has 2 aliphatic rings. The zero-order valence-electron chi connectivity index (χ0n) is 13.9. The third kappa shape index (κ3) is 4.53. The van der Waals surface area contributed by atoms with Gasteiger partial charge in [-0.15, -0.1) is 11.8 Å². The van der Waals surface area contributed by atoms with Gasteiger partial charge in [0.15, 0.2) is 0 Å². The van der Waals surface area contributed by atoms with E-state index >= 15 is 0 Å². The maximum absolute atomic E-state index is 12.9. The molecule has 0 aliphatic carbocycles. The summed E-state index contributed by atoms with van der Waals surface area (Å²) in [7, 11) is -3.29. The van der Waals surface area contributed by atoms with Gasteiger partial charge in [-0.05, 0) is 37.5 Å². The maximum atomic E-state index is 12.9. The van der Waals surface area contributed by atoms with E-state index in [2.05, 4.69) is 10.0 Å². The third-order valence-electron chi connectivity index (χ3n) is 4.33. The Morgan fingerprint density at radius 1 is 1.40 bits per heavy atom. The van der Waals surface area contributed by atoms with E-state index in [1.165, 1.54) is 11.8 Å². The molecule has 0 saturated carbocycles. The summed E-state index contributed by atoms with van der Waals surface area (Å²) in [5.41, 5.74) is 1.17. The smallest absolute Gasteiger partial charge is 0.254 e. The molecule has 0 radical (unpaired) electrons. The molecular weight excluding hydrogens is 362 g/mol. The van der Waals surface area contributed by atoms with E-state index < -0.39 is 10.0 Å². The normalized spacial score (nSPS) is 20.8. The van der Waals surface area contributed by atoms with Crippen LogP contribution >= 0.6 is 11.8 Å². The van der Waals surface area contributed by atoms with Gasteiger partial charge in [0.25, 0.3) is 5.91 Å². The summed E-state index contributed by atoms with van der Waals surface area (Å²) in [6.45, 7) is 0.829. The standard InChI is InChI=1S/C16H21N3O4S2/c1-25(22,23)17-9-12-4-2-3-7-19(12)16(21)11-5-6-14-13(8-11)18-15(20)10-24-14/h5-6,8,12,17H,2-4,7,9-10H2,1H3,(H,18,20)/t12-/m1/s1. The average molecular weight is 383 g/mol. The highest BCUT2D eigenvalue weighted by Crippen LogP contribution is 2.32. The second-order valence-electron chi connectivity index (χ2n) is 6.32. The van der Waals surface area contributed by atoms with E-state index in [0.717, 1.165) is 30.4 Å². The summed E-state index contributed by atoms with van der Waals surface area (Å²) in [5, 5.41) is 2.79. The lowest BCUT2D eigenvalue weighted by Gasteiger charge is -2.36. The highest BCUT2D eigenvalue weighted by Gasteiger charge is 2.29. The molecule has 2 amide bonds. The third-order valence-corrected chi connectivity index (χ3v) is 6.09. The second-order valence-corrected chi connectivity index (χ2v) is 9.17. The average Bonchev–Trinajstić information content (AvgIpc) is 2.58. The molecule has 0 spiro atoms. The largest absolute Gasteiger partial charge is 0.334 e. The molecule has 1 aromatic carbocycles. The molecule has 2 N–H and O–H groups in total. The van der Waals surface area contributed by atoms with Gasteiger partial charge in [-0.1, -0.05) is 0 Å². The Bertz CT molecular complexity index is 795. The lowest BCUT2D eigenvalue weighted by Crippen LogP contribution is -2.49. The number of carbonyl (C=O) groups is 2. The number of thioether (sulfide) groups is 1. The summed E-state index contributed by atoms with van der Waals surface area (Å²) < 4.78 is 25.2. The Hall–Kier alpha value is -1.58. The number of amides is 2. The van der Waals surface area contributed by atoms with Crippen LogP contribution in [-0.2, 0) is 14.8 Å². The van der Waals surface area contributed by atoms with Crippen molar-refractivity contribution >= 4 is 39.3 Å². The van der Waals surface area contributed by atoms with Gasteiger partial charge >= 0.3 is 0 Å². The van der Waals surface area contributed by atoms with Gasteiger partial charge in [-0.2, -0.15) is 0 Å². The zero-order chi connectivity index (χ0) is 18.0. The predicted molar refractivity (Wildman–Crippen MR) is 97.3 cm³/mol. The number of nitrogens with one attached hydrogen (secondary N) is 2. The number of sulfonamides is 1. The van der Waals surface area contributed by atoms with E-state index in [4.69, 9.17) is 0 Å². The minimum Gasteiger partial charge on any atom is -0.334 e. The van der Waals surface area contributed by atoms with Gasteiger partial charge in [0.1, 0.15) is 0 Å². The number of benzene rings is 1. The van der Waals surface area contributed by atoms with Gasteiger partial charge in [0, 0.05) is 29.6 Å². The number of hydrogen-bond donors (Lipinski definition) is 2. The molecule has 1 fully saturated rings. The van der Waals surface area contributed by atoms with Crippen molar-refractivity contribution in [2.24, 2.45) is 0 Å². The SMILES string of the molecule is CS(=O)(=O)NC[C@H]1CCCCN1C(=O)c1ccc2c(c1)NC(=O)CS2. The van der Waals surface area contributed by atoms with Crippen LogP contribution in [0.25, 0.3) is 0 Å². The number of likely N-dealkylation sites (tertiary alicyclic amines) is 1. The number of nitrogens with zero attached hydrogens (tertiary/aromatic N) is 1. The number of fused-ring (bicyclic) bond motifs is 1. The van der Waals surface area contributed by atoms with Crippen LogP contribution in [0.1, 0.15) is 29.6 Å². The van der Waals surface area contributed by atoms with Crippen molar-refractivity contribution in [2.45, 2.75) is 30.2 Å². The fourth-order valence-corrected chi connectivity index (χ4v) is 4.39. The van der Waals surface area contributed by atoms with E-state index in [9.17, 15) is 18.0 Å². The fourth-order valence-electron chi connectivity index (χ4n) is 3.11. The van der Waals surface area contributed by atoms with Crippen LogP contribution in [0.4, 0.5) is 5.69 Å². The molecule has 0 aromatic heterocycles. The van der Waals surface area contributed by atoms with Crippen LogP contribution in [0, 0.1) is 0 Å². The molecule has 0 bridgehead atoms. The molecule has 1 atom stereocenters. The van der Waals surface area contributed by atoms with Crippen LogP contribution in [0.15, 0.2) is 23.1 Å². The molecule has 1 saturated heterocycles. The molecule has 1 aromatic rings. The van der Waals surface area contributed by atoms with Crippen molar-refractivity contribution in [1.82, 2.24) is 9.62 Å². The molecular formula is C16H21N3O4S2. The van der Waals surface area contributed by atoms with E-state index in [1.807, 2.05) is 6.07 Å². The highest BCUT2D eigenvalue weighted by atomic mass is 32.2. The molecule has 25 heavy (non-hydrogen) atoms. The number of carbonyl (C=O) groups excluding carboxylic acids is 2. The predicted octanol–water partition coefficient (Wildman–Crippen LogP) is 1.27. The van der Waals surface area contributed by atoms with Gasteiger partial charge in [-0.3, -0.25) is 9.59 Å². The topological polar surface area (TPSA) is 95.6 Å². The Kier molecular flexibility index (Phi) is 5.35. The lowest BCUT2D eigenvalue weighted by molar-refractivity contribution is -0.113. The minimum atomic E-state index is -3.29. The van der Waals surface area contributed by atoms with Crippen LogP contribution in [-0.4, -0.2) is 56.3 Å². The summed E-state index contributed by atoms with van der Waals surface area (Å²) in [4.78, 5) is 27.2. The fraction of sp³-hybridized carbons (Fsp3) is 0.500. The number of hydrogen-bond acceptors (Lipinski definition) is 5. The van der Waals surface area contributed by atoms with E-state index in [-0.39, 0.29) is 24.4 Å².